The van der Waals surface area contributed by atoms with Gasteiger partial charge in [-0.3, -0.25) is 24.0 Å². The maximum absolute atomic E-state index is 12.7. The number of hydrogen-bond donors (Lipinski definition) is 3. The van der Waals surface area contributed by atoms with E-state index < -0.39 is 0 Å². The molecule has 1 saturated heterocycles. The van der Waals surface area contributed by atoms with Crippen LogP contribution in [-0.2, 0) is 20.9 Å². The van der Waals surface area contributed by atoms with E-state index in [2.05, 4.69) is 20.6 Å². The van der Waals surface area contributed by atoms with Crippen molar-refractivity contribution in [3.05, 3.63) is 18.5 Å². The fourth-order valence-corrected chi connectivity index (χ4v) is 4.49. The van der Waals surface area contributed by atoms with Crippen molar-refractivity contribution in [1.82, 2.24) is 25.3 Å². The minimum Gasteiger partial charge on any atom is -0.483 e. The first-order chi connectivity index (χ1) is 14.9. The van der Waals surface area contributed by atoms with Crippen molar-refractivity contribution < 1.29 is 19.5 Å². The summed E-state index contributed by atoms with van der Waals surface area (Å²) in [6.07, 6.45) is 11.4. The van der Waals surface area contributed by atoms with Crippen molar-refractivity contribution in [2.24, 2.45) is 11.3 Å². The lowest BCUT2D eigenvalue weighted by Gasteiger charge is -2.30. The van der Waals surface area contributed by atoms with Gasteiger partial charge in [0.1, 0.15) is 0 Å². The second-order valence-electron chi connectivity index (χ2n) is 9.25. The van der Waals surface area contributed by atoms with Gasteiger partial charge in [0.25, 0.3) is 6.47 Å². The molecule has 31 heavy (non-hydrogen) atoms. The van der Waals surface area contributed by atoms with Crippen molar-refractivity contribution in [1.29, 1.82) is 0 Å². The number of nitrogens with one attached hydrogen (secondary N) is 2. The molecule has 9 heteroatoms. The van der Waals surface area contributed by atoms with Gasteiger partial charge in [-0.15, -0.1) is 0 Å². The number of aromatic nitrogens is 2. The van der Waals surface area contributed by atoms with Crippen LogP contribution in [0.2, 0.25) is 0 Å². The number of nitrogens with zero attached hydrogens (tertiary/aromatic N) is 3. The molecule has 3 N–H and O–H groups in total. The fourth-order valence-electron chi connectivity index (χ4n) is 4.49. The Morgan fingerprint density at radius 2 is 1.90 bits per heavy atom. The molecule has 2 amide bonds. The third kappa shape index (κ3) is 7.34. The number of carboxylic acid groups (broad SMARTS) is 1. The van der Waals surface area contributed by atoms with E-state index in [0.29, 0.717) is 25.0 Å². The fraction of sp³-hybridized carbons (Fsp3) is 0.727. The van der Waals surface area contributed by atoms with Crippen molar-refractivity contribution in [3.63, 3.8) is 0 Å². The molecule has 9 nitrogen and oxygen atoms in total. The molecule has 0 aromatic carbocycles. The first-order valence-corrected chi connectivity index (χ1v) is 11.3. The van der Waals surface area contributed by atoms with Gasteiger partial charge in [-0.05, 0) is 50.5 Å². The van der Waals surface area contributed by atoms with E-state index in [1.54, 1.807) is 13.1 Å². The molecule has 2 atom stereocenters. The van der Waals surface area contributed by atoms with Gasteiger partial charge in [0, 0.05) is 69.4 Å². The van der Waals surface area contributed by atoms with Gasteiger partial charge in [0.15, 0.2) is 0 Å². The van der Waals surface area contributed by atoms with Gasteiger partial charge in [0.05, 0.1) is 0 Å². The number of amides is 2. The van der Waals surface area contributed by atoms with E-state index in [9.17, 15) is 9.59 Å². The lowest BCUT2D eigenvalue weighted by Crippen LogP contribution is -2.45. The van der Waals surface area contributed by atoms with E-state index in [0.717, 1.165) is 51.2 Å². The summed E-state index contributed by atoms with van der Waals surface area (Å²) in [5.41, 5.74) is 0.193. The number of hydrogen-bond acceptors (Lipinski definition) is 5. The molecule has 2 saturated carbocycles. The maximum Gasteiger partial charge on any atom is 0.290 e. The molecule has 172 valence electrons. The minimum absolute atomic E-state index is 0.0273. The Morgan fingerprint density at radius 3 is 2.48 bits per heavy atom. The van der Waals surface area contributed by atoms with Gasteiger partial charge in [-0.25, -0.2) is 0 Å². The predicted octanol–water partition coefficient (Wildman–Crippen LogP) is 1.25. The van der Waals surface area contributed by atoms with Gasteiger partial charge in [0.2, 0.25) is 11.8 Å². The zero-order valence-electron chi connectivity index (χ0n) is 18.3. The van der Waals surface area contributed by atoms with Gasteiger partial charge in [-0.2, -0.15) is 5.10 Å². The van der Waals surface area contributed by atoms with E-state index in [-0.39, 0.29) is 23.7 Å². The van der Waals surface area contributed by atoms with Crippen LogP contribution in [0.4, 0.5) is 0 Å². The third-order valence-electron chi connectivity index (χ3n) is 6.62. The van der Waals surface area contributed by atoms with Crippen molar-refractivity contribution >= 4 is 18.3 Å². The highest BCUT2D eigenvalue weighted by Crippen LogP contribution is 2.46. The van der Waals surface area contributed by atoms with Crippen LogP contribution in [0.15, 0.2) is 18.5 Å². The minimum atomic E-state index is -0.250. The lowest BCUT2D eigenvalue weighted by molar-refractivity contribution is -0.123. The highest BCUT2D eigenvalue weighted by molar-refractivity contribution is 5.76. The average molecular weight is 434 g/mol. The predicted molar refractivity (Wildman–Crippen MR) is 115 cm³/mol. The second kappa shape index (κ2) is 10.7. The molecule has 0 unspecified atom stereocenters. The Kier molecular flexibility index (Phi) is 8.06. The largest absolute Gasteiger partial charge is 0.483 e. The monoisotopic (exact) mass is 433 g/mol. The molecule has 1 aromatic rings. The molecule has 1 aromatic heterocycles. The number of likely N-dealkylation sites (tertiary alicyclic amines) is 1. The van der Waals surface area contributed by atoms with Crippen LogP contribution >= 0.6 is 0 Å². The maximum atomic E-state index is 12.7. The number of carbonyl (C=O) groups excluding carboxylic acids is 2. The van der Waals surface area contributed by atoms with Crippen molar-refractivity contribution in [2.75, 3.05) is 19.6 Å². The molecule has 2 aliphatic carbocycles. The molecule has 3 aliphatic rings. The molecule has 3 fully saturated rings. The quantitative estimate of drug-likeness (QED) is 0.478. The summed E-state index contributed by atoms with van der Waals surface area (Å²) in [5.74, 6) is 0.976. The Balaban J connectivity index is 0.000000858. The molecule has 4 rings (SSSR count). The third-order valence-corrected chi connectivity index (χ3v) is 6.62. The van der Waals surface area contributed by atoms with E-state index in [4.69, 9.17) is 9.90 Å². The molecule has 0 spiro atoms. The van der Waals surface area contributed by atoms with Crippen molar-refractivity contribution in [2.45, 2.75) is 70.5 Å². The van der Waals surface area contributed by atoms with Crippen LogP contribution in [0, 0.1) is 11.3 Å². The van der Waals surface area contributed by atoms with Crippen LogP contribution in [0.1, 0.15) is 51.9 Å². The summed E-state index contributed by atoms with van der Waals surface area (Å²) < 4.78 is 1.97. The molecule has 1 aliphatic heterocycles. The molecule has 2 heterocycles. The Labute approximate surface area is 183 Å². The van der Waals surface area contributed by atoms with Crippen LogP contribution in [0.3, 0.4) is 0 Å². The molecular formula is C22H35N5O4. The van der Waals surface area contributed by atoms with Gasteiger partial charge < -0.3 is 15.7 Å². The number of rotatable bonds is 10. The zero-order chi connectivity index (χ0) is 22.3. The van der Waals surface area contributed by atoms with Crippen LogP contribution in [0.5, 0.6) is 0 Å². The summed E-state index contributed by atoms with van der Waals surface area (Å²) in [4.78, 5) is 34.8. The van der Waals surface area contributed by atoms with Crippen LogP contribution in [0.25, 0.3) is 0 Å². The summed E-state index contributed by atoms with van der Waals surface area (Å²) >= 11 is 0. The average Bonchev–Trinajstić information content (AvgIpc) is 3.61. The zero-order valence-corrected chi connectivity index (χ0v) is 18.3. The van der Waals surface area contributed by atoms with Gasteiger partial charge in [-0.1, -0.05) is 0 Å². The SMILES string of the molecule is CC(=O)NC[C@H]1CC[C@@H](CC(=O)NCC2(Cn3cccn3)CC2)N1CC1CC1.O=CO. The lowest BCUT2D eigenvalue weighted by atomic mass is 10.1. The Hall–Kier alpha value is -2.42. The normalized spacial score (nSPS) is 24.0. The summed E-state index contributed by atoms with van der Waals surface area (Å²) in [6, 6.07) is 2.62. The van der Waals surface area contributed by atoms with E-state index in [1.165, 1.54) is 12.8 Å². The molecular weight excluding hydrogens is 398 g/mol. The van der Waals surface area contributed by atoms with E-state index >= 15 is 0 Å². The van der Waals surface area contributed by atoms with Gasteiger partial charge >= 0.3 is 0 Å². The smallest absolute Gasteiger partial charge is 0.290 e. The first-order valence-electron chi connectivity index (χ1n) is 11.3. The summed E-state index contributed by atoms with van der Waals surface area (Å²) in [7, 11) is 0. The molecule has 0 bridgehead atoms. The van der Waals surface area contributed by atoms with Crippen LogP contribution < -0.4 is 10.6 Å². The summed E-state index contributed by atoms with van der Waals surface area (Å²) in [5, 5.41) is 17.4. The highest BCUT2D eigenvalue weighted by atomic mass is 16.3. The summed E-state index contributed by atoms with van der Waals surface area (Å²) in [6.45, 7) is 4.73. The molecule has 0 radical (unpaired) electrons. The van der Waals surface area contributed by atoms with Crippen LogP contribution in [-0.4, -0.2) is 69.8 Å². The van der Waals surface area contributed by atoms with Crippen molar-refractivity contribution in [3.8, 4) is 0 Å². The standard InChI is InChI=1S/C21H33N5O2.CH2O2/c1-16(27)22-12-19-6-5-18(26(19)13-17-3-4-17)11-20(28)23-14-21(7-8-21)15-25-10-2-9-24-25;2-1-3/h2,9-10,17-19H,3-8,11-15H2,1H3,(H,22,27)(H,23,28);1H,(H,2,3)/t18-,19+;/m0./s1. The first kappa shape index (κ1) is 23.2. The highest BCUT2D eigenvalue weighted by Gasteiger charge is 2.44. The Morgan fingerprint density at radius 1 is 1.19 bits per heavy atom. The number of carbonyl (C=O) groups is 3. The van der Waals surface area contributed by atoms with E-state index in [1.807, 2.05) is 16.9 Å². The Bertz CT molecular complexity index is 730. The second-order valence-corrected chi connectivity index (χ2v) is 9.25. The topological polar surface area (TPSA) is 117 Å².